The van der Waals surface area contributed by atoms with Gasteiger partial charge in [0.05, 0.1) is 11.4 Å². The molecule has 3 N–H and O–H groups in total. The highest BCUT2D eigenvalue weighted by Gasteiger charge is 2.19. The summed E-state index contributed by atoms with van der Waals surface area (Å²) in [6.45, 7) is 3.97. The maximum absolute atomic E-state index is 13.4. The summed E-state index contributed by atoms with van der Waals surface area (Å²) >= 11 is 0. The number of rotatable bonds is 6. The quantitative estimate of drug-likeness (QED) is 0.481. The van der Waals surface area contributed by atoms with Crippen LogP contribution in [-0.2, 0) is 6.54 Å². The second kappa shape index (κ2) is 10.2. The molecule has 0 aromatic heterocycles. The Bertz CT molecular complexity index is 1160. The van der Waals surface area contributed by atoms with Crippen molar-refractivity contribution >= 4 is 29.0 Å². The zero-order valence-electron chi connectivity index (χ0n) is 18.5. The van der Waals surface area contributed by atoms with Gasteiger partial charge in [-0.25, -0.2) is 9.18 Å². The van der Waals surface area contributed by atoms with Crippen molar-refractivity contribution in [1.82, 2.24) is 5.32 Å². The number of nitrogens with one attached hydrogen (secondary N) is 3. The Hall–Kier alpha value is -3.87. The fourth-order valence-corrected chi connectivity index (χ4v) is 3.95. The highest BCUT2D eigenvalue weighted by atomic mass is 19.1. The summed E-state index contributed by atoms with van der Waals surface area (Å²) in [5.74, 6) is -0.641. The monoisotopic (exact) mass is 446 g/mol. The molecule has 6 nitrogen and oxygen atoms in total. The van der Waals surface area contributed by atoms with Crippen LogP contribution < -0.4 is 20.9 Å². The number of carbonyl (C=O) groups excluding carboxylic acids is 2. The molecule has 0 unspecified atom stereocenters. The third kappa shape index (κ3) is 5.88. The van der Waals surface area contributed by atoms with Crippen molar-refractivity contribution in [2.45, 2.75) is 26.3 Å². The topological polar surface area (TPSA) is 73.5 Å². The van der Waals surface area contributed by atoms with Crippen LogP contribution >= 0.6 is 0 Å². The first-order valence-electron chi connectivity index (χ1n) is 11.0. The lowest BCUT2D eigenvalue weighted by atomic mass is 10.1. The van der Waals surface area contributed by atoms with E-state index in [4.69, 9.17) is 0 Å². The van der Waals surface area contributed by atoms with Gasteiger partial charge in [-0.2, -0.15) is 0 Å². The Labute approximate surface area is 192 Å². The first kappa shape index (κ1) is 22.3. The minimum Gasteiger partial charge on any atom is -0.370 e. The molecule has 1 aliphatic heterocycles. The van der Waals surface area contributed by atoms with Crippen LogP contribution in [-0.4, -0.2) is 25.0 Å². The van der Waals surface area contributed by atoms with E-state index in [1.54, 1.807) is 24.3 Å². The molecule has 0 bridgehead atoms. The second-order valence-electron chi connectivity index (χ2n) is 8.19. The van der Waals surface area contributed by atoms with Crippen LogP contribution in [0.5, 0.6) is 0 Å². The van der Waals surface area contributed by atoms with E-state index < -0.39 is 0 Å². The first-order valence-corrected chi connectivity index (χ1v) is 11.0. The van der Waals surface area contributed by atoms with E-state index in [-0.39, 0.29) is 24.3 Å². The molecule has 3 amide bonds. The van der Waals surface area contributed by atoms with E-state index >= 15 is 0 Å². The molecule has 1 aliphatic rings. The minimum absolute atomic E-state index is 0.209. The summed E-state index contributed by atoms with van der Waals surface area (Å²) in [7, 11) is 0. The Morgan fingerprint density at radius 2 is 1.73 bits per heavy atom. The van der Waals surface area contributed by atoms with Gasteiger partial charge < -0.3 is 20.9 Å². The number of benzene rings is 3. The standard InChI is InChI=1S/C26H27FN4O2/c1-18-6-4-9-22(14-18)29-26(33)30-23-16-20(10-11-24(23)31-12-2-3-13-31)25(32)28-17-19-7-5-8-21(27)15-19/h4-11,14-16H,2-3,12-13,17H2,1H3,(H,28,32)(H2,29,30,33). The smallest absolute Gasteiger partial charge is 0.323 e. The molecule has 170 valence electrons. The van der Waals surface area contributed by atoms with Crippen molar-refractivity contribution < 1.29 is 14.0 Å². The normalized spacial score (nSPS) is 13.0. The van der Waals surface area contributed by atoms with Gasteiger partial charge >= 0.3 is 6.03 Å². The summed E-state index contributed by atoms with van der Waals surface area (Å²) in [4.78, 5) is 27.7. The van der Waals surface area contributed by atoms with Gasteiger partial charge in [-0.15, -0.1) is 0 Å². The van der Waals surface area contributed by atoms with Crippen LogP contribution in [0, 0.1) is 12.7 Å². The average Bonchev–Trinajstić information content (AvgIpc) is 3.32. The van der Waals surface area contributed by atoms with Crippen LogP contribution in [0.15, 0.2) is 66.7 Å². The van der Waals surface area contributed by atoms with E-state index in [9.17, 15) is 14.0 Å². The van der Waals surface area contributed by atoms with Crippen LogP contribution in [0.2, 0.25) is 0 Å². The molecule has 4 rings (SSSR count). The number of hydrogen-bond acceptors (Lipinski definition) is 3. The number of aryl methyl sites for hydroxylation is 1. The van der Waals surface area contributed by atoms with Gasteiger partial charge in [0, 0.05) is 30.9 Å². The van der Waals surface area contributed by atoms with Crippen molar-refractivity contribution in [3.8, 4) is 0 Å². The van der Waals surface area contributed by atoms with Crippen LogP contribution in [0.1, 0.15) is 34.3 Å². The summed E-state index contributed by atoms with van der Waals surface area (Å²) in [5, 5.41) is 8.57. The van der Waals surface area contributed by atoms with Crippen LogP contribution in [0.3, 0.4) is 0 Å². The van der Waals surface area contributed by atoms with Gasteiger partial charge in [-0.05, 0) is 73.4 Å². The molecule has 33 heavy (non-hydrogen) atoms. The fourth-order valence-electron chi connectivity index (χ4n) is 3.95. The van der Waals surface area contributed by atoms with Crippen molar-refractivity contribution in [2.75, 3.05) is 28.6 Å². The Kier molecular flexibility index (Phi) is 6.88. The largest absolute Gasteiger partial charge is 0.370 e. The van der Waals surface area contributed by atoms with E-state index in [2.05, 4.69) is 20.9 Å². The number of hydrogen-bond donors (Lipinski definition) is 3. The minimum atomic E-state index is -0.377. The van der Waals surface area contributed by atoms with Crippen LogP contribution in [0.25, 0.3) is 0 Å². The number of urea groups is 1. The lowest BCUT2D eigenvalue weighted by Crippen LogP contribution is -2.26. The molecule has 1 heterocycles. The van der Waals surface area contributed by atoms with Crippen molar-refractivity contribution in [3.05, 3.63) is 89.2 Å². The molecule has 0 aliphatic carbocycles. The number of nitrogens with zero attached hydrogens (tertiary/aromatic N) is 1. The van der Waals surface area contributed by atoms with Crippen molar-refractivity contribution in [2.24, 2.45) is 0 Å². The molecular formula is C26H27FN4O2. The van der Waals surface area contributed by atoms with E-state index in [0.717, 1.165) is 37.2 Å². The SMILES string of the molecule is Cc1cccc(NC(=O)Nc2cc(C(=O)NCc3cccc(F)c3)ccc2N2CCCC2)c1. The summed E-state index contributed by atoms with van der Waals surface area (Å²) in [6.07, 6.45) is 2.18. The second-order valence-corrected chi connectivity index (χ2v) is 8.19. The summed E-state index contributed by atoms with van der Waals surface area (Å²) in [5.41, 5.74) is 4.28. The fraction of sp³-hybridized carbons (Fsp3) is 0.231. The summed E-state index contributed by atoms with van der Waals surface area (Å²) < 4.78 is 13.4. The zero-order chi connectivity index (χ0) is 23.2. The molecule has 0 atom stereocenters. The zero-order valence-corrected chi connectivity index (χ0v) is 18.5. The Morgan fingerprint density at radius 3 is 2.48 bits per heavy atom. The highest BCUT2D eigenvalue weighted by molar-refractivity contribution is 6.04. The van der Waals surface area contributed by atoms with Gasteiger partial charge in [0.15, 0.2) is 0 Å². The molecular weight excluding hydrogens is 419 g/mol. The molecule has 0 radical (unpaired) electrons. The predicted molar refractivity (Wildman–Crippen MR) is 129 cm³/mol. The van der Waals surface area contributed by atoms with Gasteiger partial charge in [0.25, 0.3) is 5.91 Å². The number of amides is 3. The third-order valence-electron chi connectivity index (χ3n) is 5.57. The maximum atomic E-state index is 13.4. The number of carbonyl (C=O) groups is 2. The Balaban J connectivity index is 1.51. The van der Waals surface area contributed by atoms with Gasteiger partial charge in [-0.1, -0.05) is 24.3 Å². The molecule has 1 saturated heterocycles. The van der Waals surface area contributed by atoms with Gasteiger partial charge in [0.2, 0.25) is 0 Å². The molecule has 7 heteroatoms. The van der Waals surface area contributed by atoms with E-state index in [1.165, 1.54) is 12.1 Å². The number of halogens is 1. The van der Waals surface area contributed by atoms with Crippen LogP contribution in [0.4, 0.5) is 26.2 Å². The predicted octanol–water partition coefficient (Wildman–Crippen LogP) is 5.31. The lowest BCUT2D eigenvalue weighted by Gasteiger charge is -2.22. The Morgan fingerprint density at radius 1 is 0.939 bits per heavy atom. The average molecular weight is 447 g/mol. The van der Waals surface area contributed by atoms with Gasteiger partial charge in [0.1, 0.15) is 5.82 Å². The molecule has 0 spiro atoms. The molecule has 1 fully saturated rings. The lowest BCUT2D eigenvalue weighted by molar-refractivity contribution is 0.0951. The van der Waals surface area contributed by atoms with E-state index in [1.807, 2.05) is 37.3 Å². The number of anilines is 3. The molecule has 3 aromatic rings. The van der Waals surface area contributed by atoms with E-state index in [0.29, 0.717) is 22.5 Å². The first-order chi connectivity index (χ1) is 16.0. The van der Waals surface area contributed by atoms with Crippen molar-refractivity contribution in [1.29, 1.82) is 0 Å². The molecule has 3 aromatic carbocycles. The third-order valence-corrected chi connectivity index (χ3v) is 5.57. The summed E-state index contributed by atoms with van der Waals surface area (Å²) in [6, 6.07) is 18.6. The maximum Gasteiger partial charge on any atom is 0.323 e. The van der Waals surface area contributed by atoms with Crippen molar-refractivity contribution in [3.63, 3.8) is 0 Å². The molecule has 0 saturated carbocycles. The highest BCUT2D eigenvalue weighted by Crippen LogP contribution is 2.30. The van der Waals surface area contributed by atoms with Gasteiger partial charge in [-0.3, -0.25) is 4.79 Å².